The molecule has 1 unspecified atom stereocenters. The lowest BCUT2D eigenvalue weighted by molar-refractivity contribution is -0.146. The summed E-state index contributed by atoms with van der Waals surface area (Å²) in [6.07, 6.45) is 0. The summed E-state index contributed by atoms with van der Waals surface area (Å²) in [5.74, 6) is -3.32. The van der Waals surface area contributed by atoms with E-state index in [0.717, 1.165) is 4.90 Å². The van der Waals surface area contributed by atoms with E-state index in [4.69, 9.17) is 5.73 Å². The molecule has 29 heavy (non-hydrogen) atoms. The number of amides is 4. The summed E-state index contributed by atoms with van der Waals surface area (Å²) in [4.78, 5) is 51.4. The maximum absolute atomic E-state index is 14.2. The van der Waals surface area contributed by atoms with Gasteiger partial charge in [0.05, 0.1) is 17.8 Å². The number of nitrogens with one attached hydrogen (secondary N) is 1. The second kappa shape index (κ2) is 7.01. The predicted molar refractivity (Wildman–Crippen MR) is 101 cm³/mol. The van der Waals surface area contributed by atoms with Gasteiger partial charge in [-0.25, -0.2) is 4.39 Å². The fourth-order valence-electron chi connectivity index (χ4n) is 3.65. The molecule has 2 aliphatic rings. The number of halogens is 1. The Kier molecular flexibility index (Phi) is 4.50. The first-order valence-electron chi connectivity index (χ1n) is 8.96. The number of primary amides is 1. The lowest BCUT2D eigenvalue weighted by atomic mass is 10.0. The largest absolute Gasteiger partial charge is 0.361 e. The van der Waals surface area contributed by atoms with Crippen molar-refractivity contribution < 1.29 is 23.6 Å². The number of carbonyl (C=O) groups is 4. The van der Waals surface area contributed by atoms with Crippen molar-refractivity contribution in [1.29, 1.82) is 0 Å². The van der Waals surface area contributed by atoms with Crippen LogP contribution in [0.3, 0.4) is 0 Å². The molecule has 0 bridgehead atoms. The minimum Gasteiger partial charge on any atom is -0.361 e. The van der Waals surface area contributed by atoms with Crippen LogP contribution in [-0.2, 0) is 14.4 Å². The zero-order valence-electron chi connectivity index (χ0n) is 15.2. The average Bonchev–Trinajstić information content (AvgIpc) is 2.82. The van der Waals surface area contributed by atoms with Gasteiger partial charge in [0.25, 0.3) is 5.91 Å². The highest BCUT2D eigenvalue weighted by Gasteiger charge is 2.41. The van der Waals surface area contributed by atoms with Gasteiger partial charge in [-0.05, 0) is 23.8 Å². The Morgan fingerprint density at radius 2 is 1.83 bits per heavy atom. The topological polar surface area (TPSA) is 113 Å². The number of nitrogens with two attached hydrogens (primary N) is 1. The van der Waals surface area contributed by atoms with Crippen LogP contribution in [0.2, 0.25) is 0 Å². The van der Waals surface area contributed by atoms with Crippen molar-refractivity contribution in [2.45, 2.75) is 6.04 Å². The van der Waals surface area contributed by atoms with Gasteiger partial charge >= 0.3 is 11.8 Å². The molecule has 0 saturated carbocycles. The van der Waals surface area contributed by atoms with Gasteiger partial charge in [0, 0.05) is 18.7 Å². The number of anilines is 1. The highest BCUT2D eigenvalue weighted by atomic mass is 19.1. The lowest BCUT2D eigenvalue weighted by Crippen LogP contribution is -2.60. The van der Waals surface area contributed by atoms with Crippen molar-refractivity contribution in [2.24, 2.45) is 5.73 Å². The van der Waals surface area contributed by atoms with Gasteiger partial charge in [-0.15, -0.1) is 0 Å². The Balaban J connectivity index is 1.69. The first-order valence-corrected chi connectivity index (χ1v) is 8.96. The molecule has 2 aromatic carbocycles. The Morgan fingerprint density at radius 1 is 1.07 bits per heavy atom. The Morgan fingerprint density at radius 3 is 2.55 bits per heavy atom. The van der Waals surface area contributed by atoms with Gasteiger partial charge in [-0.2, -0.15) is 0 Å². The van der Waals surface area contributed by atoms with E-state index in [2.05, 4.69) is 5.32 Å². The highest BCUT2D eigenvalue weighted by molar-refractivity contribution is 6.34. The standard InChI is InChI=1S/C20H17FN4O4/c21-14-4-2-1-3-12(14)11-5-6-15-13(9-11)19(28)25-8-7-24(20(29)17(22)26)10-16(25)18(27)23-15/h1-6,9,16H,7-8,10H2,(H2,22,26)(H,23,27). The second-order valence-corrected chi connectivity index (χ2v) is 6.86. The van der Waals surface area contributed by atoms with Crippen molar-refractivity contribution in [3.8, 4) is 11.1 Å². The third-order valence-electron chi connectivity index (χ3n) is 5.13. The lowest BCUT2D eigenvalue weighted by Gasteiger charge is -2.38. The van der Waals surface area contributed by atoms with E-state index >= 15 is 0 Å². The Labute approximate surface area is 165 Å². The smallest absolute Gasteiger partial charge is 0.311 e. The molecule has 148 valence electrons. The number of hydrogen-bond acceptors (Lipinski definition) is 4. The minimum absolute atomic E-state index is 0.0688. The van der Waals surface area contributed by atoms with Gasteiger partial charge in [-0.3, -0.25) is 19.2 Å². The van der Waals surface area contributed by atoms with E-state index in [-0.39, 0.29) is 25.2 Å². The maximum atomic E-state index is 14.2. The first-order chi connectivity index (χ1) is 13.9. The van der Waals surface area contributed by atoms with E-state index in [1.165, 1.54) is 11.0 Å². The number of hydrogen-bond donors (Lipinski definition) is 2. The van der Waals surface area contributed by atoms with Crippen molar-refractivity contribution in [2.75, 3.05) is 25.0 Å². The third-order valence-corrected chi connectivity index (χ3v) is 5.13. The van der Waals surface area contributed by atoms with Crippen molar-refractivity contribution >= 4 is 29.3 Å². The molecule has 8 nitrogen and oxygen atoms in total. The second-order valence-electron chi connectivity index (χ2n) is 6.86. The molecule has 3 N–H and O–H groups in total. The van der Waals surface area contributed by atoms with Crippen molar-refractivity contribution in [3.05, 3.63) is 53.8 Å². The van der Waals surface area contributed by atoms with Crippen LogP contribution < -0.4 is 11.1 Å². The van der Waals surface area contributed by atoms with E-state index in [0.29, 0.717) is 16.8 Å². The number of benzene rings is 2. The van der Waals surface area contributed by atoms with Crippen LogP contribution in [0.15, 0.2) is 42.5 Å². The number of fused-ring (bicyclic) bond motifs is 2. The third kappa shape index (κ3) is 3.20. The van der Waals surface area contributed by atoms with E-state index in [9.17, 15) is 23.6 Å². The molecular formula is C20H17FN4O4. The van der Waals surface area contributed by atoms with E-state index in [1.54, 1.807) is 36.4 Å². The molecule has 0 aliphatic carbocycles. The number of piperazine rings is 1. The number of rotatable bonds is 1. The van der Waals surface area contributed by atoms with Crippen LogP contribution in [0.4, 0.5) is 10.1 Å². The molecule has 1 atom stereocenters. The van der Waals surface area contributed by atoms with Crippen LogP contribution in [0.1, 0.15) is 10.4 Å². The SMILES string of the molecule is NC(=O)C(=O)N1CCN2C(=O)c3cc(-c4ccccc4F)ccc3NC(=O)C2C1. The van der Waals surface area contributed by atoms with Crippen molar-refractivity contribution in [1.82, 2.24) is 9.80 Å². The maximum Gasteiger partial charge on any atom is 0.311 e. The monoisotopic (exact) mass is 396 g/mol. The molecular weight excluding hydrogens is 379 g/mol. The van der Waals surface area contributed by atoms with Crippen molar-refractivity contribution in [3.63, 3.8) is 0 Å². The normalized spacial score (nSPS) is 18.4. The van der Waals surface area contributed by atoms with Crippen LogP contribution in [0.25, 0.3) is 11.1 Å². The molecule has 0 spiro atoms. The average molecular weight is 396 g/mol. The quantitative estimate of drug-likeness (QED) is 0.687. The fraction of sp³-hybridized carbons (Fsp3) is 0.200. The molecule has 2 aromatic rings. The molecule has 0 aromatic heterocycles. The van der Waals surface area contributed by atoms with Crippen LogP contribution >= 0.6 is 0 Å². The van der Waals surface area contributed by atoms with Gasteiger partial charge in [0.1, 0.15) is 11.9 Å². The summed E-state index contributed by atoms with van der Waals surface area (Å²) in [6, 6.07) is 9.96. The highest BCUT2D eigenvalue weighted by Crippen LogP contribution is 2.31. The number of nitrogens with zero attached hydrogens (tertiary/aromatic N) is 2. The van der Waals surface area contributed by atoms with Gasteiger partial charge in [0.15, 0.2) is 0 Å². The number of carbonyl (C=O) groups excluding carboxylic acids is 4. The Bertz CT molecular complexity index is 1050. The minimum atomic E-state index is -1.11. The zero-order chi connectivity index (χ0) is 20.7. The molecule has 0 radical (unpaired) electrons. The Hall–Kier alpha value is -3.75. The molecule has 2 heterocycles. The molecule has 4 rings (SSSR count). The first kappa shape index (κ1) is 18.6. The summed E-state index contributed by atoms with van der Waals surface area (Å²) in [6.45, 7) is 0.0203. The van der Waals surface area contributed by atoms with E-state index < -0.39 is 35.5 Å². The molecule has 4 amide bonds. The molecule has 9 heteroatoms. The van der Waals surface area contributed by atoms with E-state index in [1.807, 2.05) is 0 Å². The molecule has 2 aliphatic heterocycles. The summed E-state index contributed by atoms with van der Waals surface area (Å²) in [5, 5.41) is 2.68. The van der Waals surface area contributed by atoms with Gasteiger partial charge in [-0.1, -0.05) is 24.3 Å². The van der Waals surface area contributed by atoms with Crippen LogP contribution in [0, 0.1) is 5.82 Å². The summed E-state index contributed by atoms with van der Waals surface area (Å²) >= 11 is 0. The summed E-state index contributed by atoms with van der Waals surface area (Å²) in [7, 11) is 0. The fourth-order valence-corrected chi connectivity index (χ4v) is 3.65. The zero-order valence-corrected chi connectivity index (χ0v) is 15.2. The van der Waals surface area contributed by atoms with Crippen LogP contribution in [0.5, 0.6) is 0 Å². The predicted octanol–water partition coefficient (Wildman–Crippen LogP) is 0.583. The summed E-state index contributed by atoms with van der Waals surface area (Å²) < 4.78 is 14.2. The molecule has 1 saturated heterocycles. The van der Waals surface area contributed by atoms with Gasteiger partial charge < -0.3 is 20.9 Å². The molecule has 1 fully saturated rings. The van der Waals surface area contributed by atoms with Gasteiger partial charge in [0.2, 0.25) is 5.91 Å². The van der Waals surface area contributed by atoms with Crippen LogP contribution in [-0.4, -0.2) is 59.1 Å². The summed E-state index contributed by atoms with van der Waals surface area (Å²) in [5.41, 5.74) is 6.42.